The van der Waals surface area contributed by atoms with Crippen molar-refractivity contribution in [1.29, 1.82) is 0 Å². The van der Waals surface area contributed by atoms with Crippen LogP contribution in [0.25, 0.3) is 21.7 Å². The largest absolute Gasteiger partial charge is 0.384 e. The van der Waals surface area contributed by atoms with Gasteiger partial charge in [-0.1, -0.05) is 23.4 Å². The predicted octanol–water partition coefficient (Wildman–Crippen LogP) is 2.89. The molecule has 138 valence electrons. The summed E-state index contributed by atoms with van der Waals surface area (Å²) in [5, 5.41) is 18.2. The number of rotatable bonds is 5. The third-order valence-electron chi connectivity index (χ3n) is 4.43. The number of thiazole rings is 1. The highest BCUT2D eigenvalue weighted by Crippen LogP contribution is 2.23. The molecule has 5 aromatic rings. The minimum atomic E-state index is 0.444. The fourth-order valence-electron chi connectivity index (χ4n) is 3.22. The fourth-order valence-corrected chi connectivity index (χ4v) is 3.86. The van der Waals surface area contributed by atoms with Gasteiger partial charge in [-0.15, -0.1) is 16.4 Å². The molecule has 1 aromatic carbocycles. The van der Waals surface area contributed by atoms with E-state index in [2.05, 4.69) is 54.7 Å². The van der Waals surface area contributed by atoms with E-state index in [1.807, 2.05) is 34.7 Å². The topological polar surface area (TPSA) is 111 Å². The quantitative estimate of drug-likeness (QED) is 0.479. The molecular formula is C19H16N8S. The Labute approximate surface area is 164 Å². The molecule has 0 aliphatic rings. The van der Waals surface area contributed by atoms with Crippen molar-refractivity contribution >= 4 is 28.3 Å². The maximum Gasteiger partial charge on any atom is 0.178 e. The molecule has 4 aromatic heterocycles. The van der Waals surface area contributed by atoms with Crippen molar-refractivity contribution in [1.82, 2.24) is 35.2 Å². The van der Waals surface area contributed by atoms with Gasteiger partial charge in [-0.3, -0.25) is 4.68 Å². The van der Waals surface area contributed by atoms with Crippen molar-refractivity contribution in [3.8, 4) is 10.6 Å². The molecule has 0 spiro atoms. The highest BCUT2D eigenvalue weighted by Gasteiger charge is 2.10. The highest BCUT2D eigenvalue weighted by molar-refractivity contribution is 7.13. The first-order chi connectivity index (χ1) is 13.7. The minimum absolute atomic E-state index is 0.444. The molecule has 0 saturated carbocycles. The van der Waals surface area contributed by atoms with Gasteiger partial charge in [0.15, 0.2) is 5.65 Å². The molecule has 0 bridgehead atoms. The summed E-state index contributed by atoms with van der Waals surface area (Å²) in [6, 6.07) is 10.2. The number of nitrogen functional groups attached to an aromatic ring is 1. The van der Waals surface area contributed by atoms with E-state index in [1.165, 1.54) is 5.56 Å². The van der Waals surface area contributed by atoms with Gasteiger partial charge in [-0.25, -0.2) is 15.1 Å². The number of benzene rings is 1. The zero-order chi connectivity index (χ0) is 18.9. The van der Waals surface area contributed by atoms with E-state index in [9.17, 15) is 0 Å². The van der Waals surface area contributed by atoms with Gasteiger partial charge in [-0.2, -0.15) is 5.10 Å². The van der Waals surface area contributed by atoms with Crippen molar-refractivity contribution in [2.45, 2.75) is 13.0 Å². The van der Waals surface area contributed by atoms with E-state index >= 15 is 0 Å². The van der Waals surface area contributed by atoms with Crippen LogP contribution in [-0.4, -0.2) is 35.2 Å². The number of nitrogens with two attached hydrogens (primary N) is 1. The Balaban J connectivity index is 1.37. The number of H-pyrrole nitrogens is 1. The molecule has 0 radical (unpaired) electrons. The van der Waals surface area contributed by atoms with Crippen molar-refractivity contribution in [2.75, 3.05) is 5.73 Å². The maximum absolute atomic E-state index is 5.89. The van der Waals surface area contributed by atoms with E-state index in [1.54, 1.807) is 11.3 Å². The van der Waals surface area contributed by atoms with Crippen molar-refractivity contribution in [3.63, 3.8) is 0 Å². The minimum Gasteiger partial charge on any atom is -0.384 e. The molecule has 9 heteroatoms. The second-order valence-corrected chi connectivity index (χ2v) is 7.37. The average molecular weight is 388 g/mol. The third kappa shape index (κ3) is 3.23. The highest BCUT2D eigenvalue weighted by atomic mass is 32.1. The Morgan fingerprint density at radius 1 is 1.18 bits per heavy atom. The number of pyridine rings is 1. The summed E-state index contributed by atoms with van der Waals surface area (Å²) in [6.45, 7) is 0.692. The van der Waals surface area contributed by atoms with Crippen LogP contribution in [-0.2, 0) is 13.0 Å². The Bertz CT molecular complexity index is 1240. The first-order valence-electron chi connectivity index (χ1n) is 8.71. The first-order valence-corrected chi connectivity index (χ1v) is 9.59. The molecular weight excluding hydrogens is 372 g/mol. The van der Waals surface area contributed by atoms with Crippen LogP contribution in [0.3, 0.4) is 0 Å². The Hall–Kier alpha value is -3.59. The molecule has 8 nitrogen and oxygen atoms in total. The zero-order valence-corrected chi connectivity index (χ0v) is 15.6. The molecule has 3 N–H and O–H groups in total. The summed E-state index contributed by atoms with van der Waals surface area (Å²) < 4.78 is 1.93. The summed E-state index contributed by atoms with van der Waals surface area (Å²) in [6.07, 6.45) is 6.39. The molecule has 0 amide bonds. The Morgan fingerprint density at radius 3 is 3.04 bits per heavy atom. The average Bonchev–Trinajstić information content (AvgIpc) is 3.43. The molecule has 4 heterocycles. The number of hydrogen-bond acceptors (Lipinski definition) is 7. The van der Waals surface area contributed by atoms with Crippen LogP contribution in [0.15, 0.2) is 54.3 Å². The van der Waals surface area contributed by atoms with Gasteiger partial charge in [0.05, 0.1) is 12.7 Å². The molecule has 0 unspecified atom stereocenters. The maximum atomic E-state index is 5.89. The van der Waals surface area contributed by atoms with Crippen molar-refractivity contribution in [2.24, 2.45) is 0 Å². The van der Waals surface area contributed by atoms with Crippen LogP contribution in [0.4, 0.5) is 5.82 Å². The number of hydrogen-bond donors (Lipinski definition) is 2. The van der Waals surface area contributed by atoms with E-state index in [-0.39, 0.29) is 0 Å². The lowest BCUT2D eigenvalue weighted by molar-refractivity contribution is 0.686. The van der Waals surface area contributed by atoms with Gasteiger partial charge >= 0.3 is 0 Å². The summed E-state index contributed by atoms with van der Waals surface area (Å²) in [5.74, 6) is 0.444. The number of aromatic amines is 1. The Morgan fingerprint density at radius 2 is 2.14 bits per heavy atom. The lowest BCUT2D eigenvalue weighted by Crippen LogP contribution is -2.00. The molecule has 5 rings (SSSR count). The lowest BCUT2D eigenvalue weighted by atomic mass is 10.1. The van der Waals surface area contributed by atoms with E-state index in [0.29, 0.717) is 24.4 Å². The number of anilines is 1. The number of aromatic nitrogens is 7. The number of nitrogens with zero attached hydrogens (tertiary/aromatic N) is 6. The van der Waals surface area contributed by atoms with Gasteiger partial charge in [0.1, 0.15) is 16.3 Å². The summed E-state index contributed by atoms with van der Waals surface area (Å²) in [5.41, 5.74) is 11.6. The van der Waals surface area contributed by atoms with Crippen LogP contribution in [0.2, 0.25) is 0 Å². The standard InChI is InChI=1S/C19H16N8S/c20-16-8-15(17-18(23-16)25-26-24-17)7-13-9-22-27(11-13)10-12-2-1-3-14(6-12)19-21-4-5-28-19/h1-6,8-9,11H,7,10H2,(H3,20,23,24,25,26). The van der Waals surface area contributed by atoms with Crippen LogP contribution in [0.1, 0.15) is 16.7 Å². The van der Waals surface area contributed by atoms with Gasteiger partial charge in [0.25, 0.3) is 0 Å². The Kier molecular flexibility index (Phi) is 4.06. The van der Waals surface area contributed by atoms with Gasteiger partial charge in [0, 0.05) is 29.8 Å². The van der Waals surface area contributed by atoms with E-state index in [0.717, 1.165) is 27.2 Å². The summed E-state index contributed by atoms with van der Waals surface area (Å²) in [4.78, 5) is 8.58. The van der Waals surface area contributed by atoms with Crippen molar-refractivity contribution < 1.29 is 0 Å². The van der Waals surface area contributed by atoms with Gasteiger partial charge in [-0.05, 0) is 28.8 Å². The van der Waals surface area contributed by atoms with Crippen LogP contribution < -0.4 is 5.73 Å². The SMILES string of the molecule is Nc1cc(Cc2cnn(Cc3cccc(-c4nccs4)c3)c2)c2nn[nH]c2n1. The van der Waals surface area contributed by atoms with Crippen LogP contribution in [0, 0.1) is 0 Å². The first kappa shape index (κ1) is 16.6. The lowest BCUT2D eigenvalue weighted by Gasteiger charge is -2.04. The zero-order valence-electron chi connectivity index (χ0n) is 14.8. The molecule has 0 saturated heterocycles. The monoisotopic (exact) mass is 388 g/mol. The second kappa shape index (κ2) is 6.86. The van der Waals surface area contributed by atoms with Crippen molar-refractivity contribution in [3.05, 3.63) is 71.0 Å². The number of fused-ring (bicyclic) bond motifs is 1. The van der Waals surface area contributed by atoms with Gasteiger partial charge < -0.3 is 5.73 Å². The smallest absolute Gasteiger partial charge is 0.178 e. The number of nitrogens with one attached hydrogen (secondary N) is 1. The molecule has 0 atom stereocenters. The molecule has 28 heavy (non-hydrogen) atoms. The molecule has 0 aliphatic heterocycles. The predicted molar refractivity (Wildman–Crippen MR) is 108 cm³/mol. The molecule has 0 aliphatic carbocycles. The summed E-state index contributed by atoms with van der Waals surface area (Å²) in [7, 11) is 0. The van der Waals surface area contributed by atoms with Crippen LogP contribution >= 0.6 is 11.3 Å². The summed E-state index contributed by atoms with van der Waals surface area (Å²) >= 11 is 1.64. The normalized spacial score (nSPS) is 11.3. The van der Waals surface area contributed by atoms with Crippen LogP contribution in [0.5, 0.6) is 0 Å². The third-order valence-corrected chi connectivity index (χ3v) is 5.25. The van der Waals surface area contributed by atoms with E-state index < -0.39 is 0 Å². The fraction of sp³-hybridized carbons (Fsp3) is 0.105. The van der Waals surface area contributed by atoms with Gasteiger partial charge in [0.2, 0.25) is 0 Å². The molecule has 0 fully saturated rings. The van der Waals surface area contributed by atoms with E-state index in [4.69, 9.17) is 5.73 Å². The second-order valence-electron chi connectivity index (χ2n) is 6.48.